The van der Waals surface area contributed by atoms with E-state index in [1.165, 1.54) is 23.5 Å². The summed E-state index contributed by atoms with van der Waals surface area (Å²) in [6.45, 7) is 0.502. The Bertz CT molecular complexity index is 806. The van der Waals surface area contributed by atoms with Crippen LogP contribution >= 0.6 is 38.9 Å². The lowest BCUT2D eigenvalue weighted by Crippen LogP contribution is -2.31. The van der Waals surface area contributed by atoms with Crippen molar-refractivity contribution in [3.8, 4) is 0 Å². The SMILES string of the molecule is CN(Cc1ccc(Cl)s1)C(=O)CCNS(=O)(=O)c1ccc(Br)cc1. The zero-order chi connectivity index (χ0) is 17.7. The quantitative estimate of drug-likeness (QED) is 0.701. The summed E-state index contributed by atoms with van der Waals surface area (Å²) < 4.78 is 28.2. The number of halogens is 2. The second-order valence-electron chi connectivity index (χ2n) is 5.06. The number of hydrogen-bond donors (Lipinski definition) is 1. The molecule has 24 heavy (non-hydrogen) atoms. The second kappa shape index (κ2) is 8.44. The number of rotatable bonds is 7. The van der Waals surface area contributed by atoms with E-state index in [9.17, 15) is 13.2 Å². The third-order valence-corrected chi connectivity index (χ3v) is 6.42. The molecule has 0 aliphatic heterocycles. The highest BCUT2D eigenvalue weighted by atomic mass is 79.9. The molecule has 0 saturated heterocycles. The second-order valence-corrected chi connectivity index (χ2v) is 9.54. The standard InChI is InChI=1S/C15H16BrClN2O3S2/c1-19(10-12-4-7-14(17)23-12)15(20)8-9-18-24(21,22)13-5-2-11(16)3-6-13/h2-7,18H,8-10H2,1H3. The third kappa shape index (κ3) is 5.56. The normalized spacial score (nSPS) is 11.5. The van der Waals surface area contributed by atoms with Crippen LogP contribution in [0.5, 0.6) is 0 Å². The predicted octanol–water partition coefficient (Wildman–Crippen LogP) is 3.49. The van der Waals surface area contributed by atoms with E-state index in [0.29, 0.717) is 10.9 Å². The number of carbonyl (C=O) groups is 1. The number of sulfonamides is 1. The summed E-state index contributed by atoms with van der Waals surface area (Å²) in [6, 6.07) is 9.96. The number of nitrogens with zero attached hydrogens (tertiary/aromatic N) is 1. The van der Waals surface area contributed by atoms with Gasteiger partial charge in [-0.15, -0.1) is 11.3 Å². The van der Waals surface area contributed by atoms with Crippen LogP contribution in [0.3, 0.4) is 0 Å². The number of benzene rings is 1. The van der Waals surface area contributed by atoms with Gasteiger partial charge in [-0.2, -0.15) is 0 Å². The van der Waals surface area contributed by atoms with Crippen LogP contribution in [0.1, 0.15) is 11.3 Å². The van der Waals surface area contributed by atoms with E-state index in [1.54, 1.807) is 30.1 Å². The third-order valence-electron chi connectivity index (χ3n) is 3.20. The van der Waals surface area contributed by atoms with Gasteiger partial charge in [0.2, 0.25) is 15.9 Å². The van der Waals surface area contributed by atoms with Crippen molar-refractivity contribution in [2.45, 2.75) is 17.9 Å². The van der Waals surface area contributed by atoms with Gasteiger partial charge in [0, 0.05) is 29.4 Å². The minimum atomic E-state index is -3.61. The summed E-state index contributed by atoms with van der Waals surface area (Å²) in [5.41, 5.74) is 0. The maximum Gasteiger partial charge on any atom is 0.240 e. The maximum absolute atomic E-state index is 12.1. The lowest BCUT2D eigenvalue weighted by Gasteiger charge is -2.16. The summed E-state index contributed by atoms with van der Waals surface area (Å²) in [5, 5.41) is 0. The molecule has 130 valence electrons. The molecule has 0 atom stereocenters. The van der Waals surface area contributed by atoms with Crippen molar-refractivity contribution in [1.82, 2.24) is 9.62 Å². The molecule has 1 aromatic heterocycles. The van der Waals surface area contributed by atoms with Crippen LogP contribution in [-0.4, -0.2) is 32.8 Å². The molecular weight excluding hydrogens is 436 g/mol. The zero-order valence-electron chi connectivity index (χ0n) is 12.8. The molecule has 2 rings (SSSR count). The zero-order valence-corrected chi connectivity index (χ0v) is 16.8. The van der Waals surface area contributed by atoms with Gasteiger partial charge in [0.05, 0.1) is 15.8 Å². The lowest BCUT2D eigenvalue weighted by atomic mass is 10.3. The molecule has 0 radical (unpaired) electrons. The van der Waals surface area contributed by atoms with Crippen molar-refractivity contribution >= 4 is 54.8 Å². The van der Waals surface area contributed by atoms with Gasteiger partial charge >= 0.3 is 0 Å². The minimum absolute atomic E-state index is 0.0484. The van der Waals surface area contributed by atoms with E-state index in [0.717, 1.165) is 9.35 Å². The average Bonchev–Trinajstić information content (AvgIpc) is 2.92. The van der Waals surface area contributed by atoms with Crippen LogP contribution in [0.2, 0.25) is 4.34 Å². The fourth-order valence-corrected chi connectivity index (χ4v) is 4.38. The molecule has 0 bridgehead atoms. The van der Waals surface area contributed by atoms with Gasteiger partial charge in [0.25, 0.3) is 0 Å². The van der Waals surface area contributed by atoms with E-state index in [2.05, 4.69) is 20.7 Å². The van der Waals surface area contributed by atoms with Crippen LogP contribution in [-0.2, 0) is 21.4 Å². The van der Waals surface area contributed by atoms with Gasteiger partial charge in [0.1, 0.15) is 0 Å². The maximum atomic E-state index is 12.1. The fourth-order valence-electron chi connectivity index (χ4n) is 1.94. The summed E-state index contributed by atoms with van der Waals surface area (Å²) in [4.78, 5) is 14.8. The highest BCUT2D eigenvalue weighted by Gasteiger charge is 2.15. The van der Waals surface area contributed by atoms with E-state index in [4.69, 9.17) is 11.6 Å². The Kier molecular flexibility index (Phi) is 6.82. The number of carbonyl (C=O) groups excluding carboxylic acids is 1. The van der Waals surface area contributed by atoms with Crippen LogP contribution in [0.25, 0.3) is 0 Å². The van der Waals surface area contributed by atoms with Crippen LogP contribution < -0.4 is 4.72 Å². The monoisotopic (exact) mass is 450 g/mol. The Balaban J connectivity index is 1.84. The van der Waals surface area contributed by atoms with Crippen LogP contribution in [0.15, 0.2) is 45.8 Å². The Labute approximate surface area is 158 Å². The Hall–Kier alpha value is -0.930. The van der Waals surface area contributed by atoms with Crippen molar-refractivity contribution in [2.24, 2.45) is 0 Å². The molecule has 1 heterocycles. The minimum Gasteiger partial charge on any atom is -0.341 e. The summed E-state index contributed by atoms with van der Waals surface area (Å²) >= 11 is 10.5. The average molecular weight is 452 g/mol. The first kappa shape index (κ1) is 19.4. The van der Waals surface area contributed by atoms with Crippen molar-refractivity contribution in [1.29, 1.82) is 0 Å². The number of nitrogens with one attached hydrogen (secondary N) is 1. The predicted molar refractivity (Wildman–Crippen MR) is 99.8 cm³/mol. The van der Waals surface area contributed by atoms with Crippen LogP contribution in [0, 0.1) is 0 Å². The molecule has 0 aliphatic rings. The highest BCUT2D eigenvalue weighted by molar-refractivity contribution is 9.10. The van der Waals surface area contributed by atoms with Crippen molar-refractivity contribution in [2.75, 3.05) is 13.6 Å². The van der Waals surface area contributed by atoms with Crippen molar-refractivity contribution in [3.63, 3.8) is 0 Å². The fraction of sp³-hybridized carbons (Fsp3) is 0.267. The highest BCUT2D eigenvalue weighted by Crippen LogP contribution is 2.22. The van der Waals surface area contributed by atoms with E-state index >= 15 is 0 Å². The summed E-state index contributed by atoms with van der Waals surface area (Å²) in [6.07, 6.45) is 0.0887. The first-order valence-corrected chi connectivity index (χ1v) is 10.5. The van der Waals surface area contributed by atoms with Gasteiger partial charge in [-0.25, -0.2) is 13.1 Å². The van der Waals surface area contributed by atoms with E-state index in [-0.39, 0.29) is 23.8 Å². The van der Waals surface area contributed by atoms with E-state index < -0.39 is 10.0 Å². The lowest BCUT2D eigenvalue weighted by molar-refractivity contribution is -0.130. The molecule has 1 N–H and O–H groups in total. The van der Waals surface area contributed by atoms with Gasteiger partial charge in [0.15, 0.2) is 0 Å². The molecule has 5 nitrogen and oxygen atoms in total. The molecule has 0 saturated carbocycles. The van der Waals surface area contributed by atoms with E-state index in [1.807, 2.05) is 6.07 Å². The smallest absolute Gasteiger partial charge is 0.240 e. The summed E-state index contributed by atoms with van der Waals surface area (Å²) in [5.74, 6) is -0.141. The molecule has 0 fully saturated rings. The number of hydrogen-bond acceptors (Lipinski definition) is 4. The van der Waals surface area contributed by atoms with Gasteiger partial charge in [-0.1, -0.05) is 27.5 Å². The Morgan fingerprint density at radius 2 is 1.92 bits per heavy atom. The molecular formula is C15H16BrClN2O3S2. The van der Waals surface area contributed by atoms with Crippen LogP contribution in [0.4, 0.5) is 0 Å². The number of thiophene rings is 1. The van der Waals surface area contributed by atoms with Gasteiger partial charge in [-0.3, -0.25) is 4.79 Å². The Morgan fingerprint density at radius 1 is 1.25 bits per heavy atom. The first-order chi connectivity index (χ1) is 11.3. The molecule has 0 aliphatic carbocycles. The summed E-state index contributed by atoms with van der Waals surface area (Å²) in [7, 11) is -1.93. The molecule has 1 aromatic carbocycles. The molecule has 0 unspecified atom stereocenters. The van der Waals surface area contributed by atoms with Crippen molar-refractivity contribution < 1.29 is 13.2 Å². The Morgan fingerprint density at radius 3 is 2.50 bits per heavy atom. The largest absolute Gasteiger partial charge is 0.341 e. The number of amides is 1. The molecule has 1 amide bonds. The van der Waals surface area contributed by atoms with Crippen molar-refractivity contribution in [3.05, 3.63) is 50.1 Å². The molecule has 2 aromatic rings. The topological polar surface area (TPSA) is 66.5 Å². The molecule has 0 spiro atoms. The van der Waals surface area contributed by atoms with Gasteiger partial charge < -0.3 is 4.90 Å². The van der Waals surface area contributed by atoms with Gasteiger partial charge in [-0.05, 0) is 36.4 Å². The first-order valence-electron chi connectivity index (χ1n) is 7.01. The molecule has 9 heteroatoms.